The summed E-state index contributed by atoms with van der Waals surface area (Å²) in [4.78, 5) is 0.340. The van der Waals surface area contributed by atoms with Crippen LogP contribution in [0.15, 0.2) is 45.9 Å². The molecule has 0 aliphatic carbocycles. The van der Waals surface area contributed by atoms with Crippen molar-refractivity contribution in [2.75, 3.05) is 12.3 Å². The van der Waals surface area contributed by atoms with Crippen LogP contribution in [0.2, 0.25) is 0 Å². The van der Waals surface area contributed by atoms with Crippen LogP contribution in [0, 0.1) is 11.6 Å². The fourth-order valence-corrected chi connectivity index (χ4v) is 2.50. The molecule has 1 aromatic carbocycles. The maximum atomic E-state index is 13.4. The second-order valence-electron chi connectivity index (χ2n) is 4.11. The first kappa shape index (κ1) is 14.1. The molecule has 0 saturated heterocycles. The highest BCUT2D eigenvalue weighted by Crippen LogP contribution is 2.22. The van der Waals surface area contributed by atoms with Crippen molar-refractivity contribution in [1.82, 2.24) is 5.32 Å². The molecule has 0 saturated carbocycles. The highest BCUT2D eigenvalue weighted by Gasteiger charge is 2.08. The molecule has 2 rings (SSSR count). The predicted octanol–water partition coefficient (Wildman–Crippen LogP) is 4.00. The first-order chi connectivity index (χ1) is 9.16. The summed E-state index contributed by atoms with van der Waals surface area (Å²) in [6, 6.07) is 7.33. The number of hydrogen-bond acceptors (Lipinski definition) is 3. The van der Waals surface area contributed by atoms with E-state index in [9.17, 15) is 8.78 Å². The van der Waals surface area contributed by atoms with Gasteiger partial charge in [0, 0.05) is 17.2 Å². The molecular weight excluding hydrogens is 268 g/mol. The summed E-state index contributed by atoms with van der Waals surface area (Å²) in [7, 11) is 0. The minimum Gasteiger partial charge on any atom is -0.468 e. The molecule has 102 valence electrons. The molecule has 1 aromatic heterocycles. The van der Waals surface area contributed by atoms with Gasteiger partial charge in [-0.15, -0.1) is 11.8 Å². The Balaban J connectivity index is 1.76. The Morgan fingerprint density at radius 2 is 2.16 bits per heavy atom. The standard InChI is InChI=1S/C14H15F2NOS/c1-10(13-3-2-7-18-13)17-6-8-19-14-9-11(15)4-5-12(14)16/h2-5,7,9-10,17H,6,8H2,1H3. The summed E-state index contributed by atoms with van der Waals surface area (Å²) >= 11 is 1.29. The number of benzene rings is 1. The summed E-state index contributed by atoms with van der Waals surface area (Å²) in [6.07, 6.45) is 1.63. The van der Waals surface area contributed by atoms with Crippen LogP contribution in [0.4, 0.5) is 8.78 Å². The molecular formula is C14H15F2NOS. The van der Waals surface area contributed by atoms with E-state index in [0.29, 0.717) is 17.2 Å². The molecule has 0 fully saturated rings. The van der Waals surface area contributed by atoms with Crippen molar-refractivity contribution >= 4 is 11.8 Å². The van der Waals surface area contributed by atoms with Gasteiger partial charge in [-0.2, -0.15) is 0 Å². The summed E-state index contributed by atoms with van der Waals surface area (Å²) in [5, 5.41) is 3.26. The number of halogens is 2. The largest absolute Gasteiger partial charge is 0.468 e. The van der Waals surface area contributed by atoms with Gasteiger partial charge in [0.05, 0.1) is 12.3 Å². The Kier molecular flexibility index (Phi) is 4.99. The number of furan rings is 1. The zero-order chi connectivity index (χ0) is 13.7. The molecule has 1 unspecified atom stereocenters. The van der Waals surface area contributed by atoms with Crippen molar-refractivity contribution in [2.45, 2.75) is 17.9 Å². The van der Waals surface area contributed by atoms with Crippen molar-refractivity contribution in [1.29, 1.82) is 0 Å². The Hall–Kier alpha value is -1.33. The summed E-state index contributed by atoms with van der Waals surface area (Å²) in [5.74, 6) is 0.721. The first-order valence-electron chi connectivity index (χ1n) is 6.01. The minimum absolute atomic E-state index is 0.105. The van der Waals surface area contributed by atoms with Crippen molar-refractivity contribution < 1.29 is 13.2 Å². The fourth-order valence-electron chi connectivity index (χ4n) is 1.66. The smallest absolute Gasteiger partial charge is 0.136 e. The second-order valence-corrected chi connectivity index (χ2v) is 5.25. The molecule has 0 spiro atoms. The average Bonchev–Trinajstić information content (AvgIpc) is 2.92. The van der Waals surface area contributed by atoms with E-state index in [-0.39, 0.29) is 11.9 Å². The molecule has 19 heavy (non-hydrogen) atoms. The molecule has 0 bridgehead atoms. The third-order valence-electron chi connectivity index (χ3n) is 2.67. The van der Waals surface area contributed by atoms with Crippen molar-refractivity contribution in [2.24, 2.45) is 0 Å². The van der Waals surface area contributed by atoms with Gasteiger partial charge >= 0.3 is 0 Å². The fraction of sp³-hybridized carbons (Fsp3) is 0.286. The minimum atomic E-state index is -0.416. The lowest BCUT2D eigenvalue weighted by Gasteiger charge is -2.11. The van der Waals surface area contributed by atoms with Crippen LogP contribution in [-0.4, -0.2) is 12.3 Å². The highest BCUT2D eigenvalue weighted by molar-refractivity contribution is 7.99. The van der Waals surface area contributed by atoms with E-state index in [2.05, 4.69) is 5.32 Å². The number of rotatable bonds is 6. The van der Waals surface area contributed by atoms with E-state index in [0.717, 1.165) is 17.9 Å². The van der Waals surface area contributed by atoms with Gasteiger partial charge in [-0.05, 0) is 37.3 Å². The molecule has 1 heterocycles. The second kappa shape index (κ2) is 6.73. The normalized spacial score (nSPS) is 12.6. The van der Waals surface area contributed by atoms with Crippen LogP contribution in [0.3, 0.4) is 0 Å². The number of thioether (sulfide) groups is 1. The Morgan fingerprint density at radius 3 is 2.89 bits per heavy atom. The van der Waals surface area contributed by atoms with Gasteiger partial charge in [0.1, 0.15) is 17.4 Å². The molecule has 1 N–H and O–H groups in total. The van der Waals surface area contributed by atoms with E-state index < -0.39 is 5.82 Å². The monoisotopic (exact) mass is 283 g/mol. The molecule has 0 aliphatic rings. The lowest BCUT2D eigenvalue weighted by molar-refractivity contribution is 0.438. The van der Waals surface area contributed by atoms with Crippen LogP contribution < -0.4 is 5.32 Å². The van der Waals surface area contributed by atoms with E-state index in [4.69, 9.17) is 4.42 Å². The Morgan fingerprint density at radius 1 is 1.32 bits per heavy atom. The van der Waals surface area contributed by atoms with Crippen molar-refractivity contribution in [3.05, 3.63) is 54.0 Å². The molecule has 0 radical (unpaired) electrons. The van der Waals surface area contributed by atoms with Crippen molar-refractivity contribution in [3.8, 4) is 0 Å². The maximum Gasteiger partial charge on any atom is 0.136 e. The summed E-state index contributed by atoms with van der Waals surface area (Å²) in [6.45, 7) is 2.68. The Labute approximate surface area is 115 Å². The predicted molar refractivity (Wildman–Crippen MR) is 72.2 cm³/mol. The first-order valence-corrected chi connectivity index (χ1v) is 7.00. The lowest BCUT2D eigenvalue weighted by Crippen LogP contribution is -2.20. The Bertz CT molecular complexity index is 516. The van der Waals surface area contributed by atoms with Gasteiger partial charge in [0.15, 0.2) is 0 Å². The van der Waals surface area contributed by atoms with Gasteiger partial charge in [-0.1, -0.05) is 0 Å². The van der Waals surface area contributed by atoms with Crippen LogP contribution in [0.25, 0.3) is 0 Å². The van der Waals surface area contributed by atoms with E-state index >= 15 is 0 Å². The lowest BCUT2D eigenvalue weighted by atomic mass is 10.2. The van der Waals surface area contributed by atoms with Gasteiger partial charge in [0.25, 0.3) is 0 Å². The topological polar surface area (TPSA) is 25.2 Å². The number of hydrogen-bond donors (Lipinski definition) is 1. The number of nitrogens with one attached hydrogen (secondary N) is 1. The van der Waals surface area contributed by atoms with Crippen LogP contribution in [-0.2, 0) is 0 Å². The van der Waals surface area contributed by atoms with Crippen LogP contribution in [0.5, 0.6) is 0 Å². The summed E-state index contributed by atoms with van der Waals surface area (Å²) in [5.41, 5.74) is 0. The van der Waals surface area contributed by atoms with Crippen LogP contribution >= 0.6 is 11.8 Å². The molecule has 0 amide bonds. The van der Waals surface area contributed by atoms with E-state index in [1.165, 1.54) is 17.8 Å². The highest BCUT2D eigenvalue weighted by atomic mass is 32.2. The third-order valence-corrected chi connectivity index (χ3v) is 3.71. The quantitative estimate of drug-likeness (QED) is 0.641. The van der Waals surface area contributed by atoms with E-state index in [1.807, 2.05) is 19.1 Å². The molecule has 1 atom stereocenters. The van der Waals surface area contributed by atoms with Gasteiger partial charge in [0.2, 0.25) is 0 Å². The van der Waals surface area contributed by atoms with Gasteiger partial charge in [-0.25, -0.2) is 8.78 Å². The molecule has 0 aliphatic heterocycles. The maximum absolute atomic E-state index is 13.4. The zero-order valence-corrected chi connectivity index (χ0v) is 11.3. The van der Waals surface area contributed by atoms with Gasteiger partial charge in [-0.3, -0.25) is 0 Å². The average molecular weight is 283 g/mol. The van der Waals surface area contributed by atoms with Crippen LogP contribution in [0.1, 0.15) is 18.7 Å². The zero-order valence-electron chi connectivity index (χ0n) is 10.5. The summed E-state index contributed by atoms with van der Waals surface area (Å²) < 4.78 is 31.6. The molecule has 5 heteroatoms. The van der Waals surface area contributed by atoms with E-state index in [1.54, 1.807) is 6.26 Å². The van der Waals surface area contributed by atoms with Crippen molar-refractivity contribution in [3.63, 3.8) is 0 Å². The third kappa shape index (κ3) is 4.08. The molecule has 2 nitrogen and oxygen atoms in total. The molecule has 2 aromatic rings. The SMILES string of the molecule is CC(NCCSc1cc(F)ccc1F)c1ccco1. The van der Waals surface area contributed by atoms with Gasteiger partial charge < -0.3 is 9.73 Å².